The highest BCUT2D eigenvalue weighted by molar-refractivity contribution is 7.89. The second kappa shape index (κ2) is 3.97. The maximum atomic E-state index is 12.0. The molecule has 0 aliphatic heterocycles. The fraction of sp³-hybridized carbons (Fsp3) is 0.182. The predicted octanol–water partition coefficient (Wildman–Crippen LogP) is 0.669. The molecule has 90 valence electrons. The molecule has 0 amide bonds. The first-order valence-corrected chi connectivity index (χ1v) is 6.64. The summed E-state index contributed by atoms with van der Waals surface area (Å²) in [7, 11) is -3.99. The lowest BCUT2D eigenvalue weighted by Gasteiger charge is -2.10. The Balaban J connectivity index is 3.01. The topological polar surface area (TPSA) is 82.2 Å². The van der Waals surface area contributed by atoms with Crippen LogP contribution >= 0.6 is 0 Å². The summed E-state index contributed by atoms with van der Waals surface area (Å²) in [6, 6.07) is 6.85. The normalized spacial score (nSPS) is 11.9. The fourth-order valence-corrected chi connectivity index (χ4v) is 2.43. The van der Waals surface area contributed by atoms with Crippen LogP contribution in [0.15, 0.2) is 40.2 Å². The van der Waals surface area contributed by atoms with E-state index in [0.29, 0.717) is 17.4 Å². The van der Waals surface area contributed by atoms with Gasteiger partial charge in [0.15, 0.2) is 0 Å². The molecule has 1 aromatic heterocycles. The van der Waals surface area contributed by atoms with Gasteiger partial charge < -0.3 is 4.57 Å². The number of hydrogen-bond acceptors (Lipinski definition) is 3. The second-order valence-corrected chi connectivity index (χ2v) is 5.20. The zero-order valence-electron chi connectivity index (χ0n) is 9.25. The van der Waals surface area contributed by atoms with Gasteiger partial charge in [-0.1, -0.05) is 12.1 Å². The van der Waals surface area contributed by atoms with Crippen molar-refractivity contribution in [1.82, 2.24) is 4.57 Å². The van der Waals surface area contributed by atoms with Gasteiger partial charge in [0, 0.05) is 18.1 Å². The Morgan fingerprint density at radius 2 is 1.94 bits per heavy atom. The van der Waals surface area contributed by atoms with E-state index in [9.17, 15) is 13.2 Å². The van der Waals surface area contributed by atoms with Crippen LogP contribution in [-0.2, 0) is 16.6 Å². The van der Waals surface area contributed by atoms with Crippen LogP contribution in [0, 0.1) is 0 Å². The van der Waals surface area contributed by atoms with E-state index in [1.54, 1.807) is 28.8 Å². The molecule has 0 atom stereocenters. The summed E-state index contributed by atoms with van der Waals surface area (Å²) in [5.41, 5.74) is 0.153. The number of para-hydroxylation sites is 1. The van der Waals surface area contributed by atoms with Crippen LogP contribution in [-0.4, -0.2) is 13.0 Å². The number of benzene rings is 1. The molecule has 1 heterocycles. The highest BCUT2D eigenvalue weighted by Crippen LogP contribution is 2.13. The minimum Gasteiger partial charge on any atom is -0.346 e. The first-order valence-electron chi connectivity index (χ1n) is 5.10. The van der Waals surface area contributed by atoms with Crippen LogP contribution in [0.1, 0.15) is 6.92 Å². The first-order chi connectivity index (χ1) is 7.95. The van der Waals surface area contributed by atoms with Crippen molar-refractivity contribution >= 4 is 20.9 Å². The highest BCUT2D eigenvalue weighted by atomic mass is 32.2. The van der Waals surface area contributed by atoms with Crippen molar-refractivity contribution in [3.63, 3.8) is 0 Å². The lowest BCUT2D eigenvalue weighted by molar-refractivity contribution is 0.595. The van der Waals surface area contributed by atoms with E-state index in [1.165, 1.54) is 6.20 Å². The number of rotatable bonds is 2. The van der Waals surface area contributed by atoms with Gasteiger partial charge in [-0.2, -0.15) is 0 Å². The molecule has 0 saturated carbocycles. The third-order valence-electron chi connectivity index (χ3n) is 2.60. The molecule has 17 heavy (non-hydrogen) atoms. The molecule has 0 saturated heterocycles. The Bertz CT molecular complexity index is 732. The van der Waals surface area contributed by atoms with Gasteiger partial charge in [-0.05, 0) is 19.1 Å². The van der Waals surface area contributed by atoms with Crippen LogP contribution in [0.4, 0.5) is 0 Å². The SMILES string of the molecule is CCn1cc(S(N)(=O)=O)c(=O)c2ccccc21. The Morgan fingerprint density at radius 1 is 1.29 bits per heavy atom. The molecule has 5 nitrogen and oxygen atoms in total. The zero-order valence-corrected chi connectivity index (χ0v) is 10.1. The number of fused-ring (bicyclic) bond motifs is 1. The third kappa shape index (κ3) is 1.96. The summed E-state index contributed by atoms with van der Waals surface area (Å²) < 4.78 is 24.4. The Kier molecular flexibility index (Phi) is 2.76. The molecule has 0 bridgehead atoms. The Labute approximate surface area is 98.5 Å². The predicted molar refractivity (Wildman–Crippen MR) is 65.3 cm³/mol. The Morgan fingerprint density at radius 3 is 2.53 bits per heavy atom. The first kappa shape index (κ1) is 11.8. The van der Waals surface area contributed by atoms with Gasteiger partial charge in [0.25, 0.3) is 0 Å². The average molecular weight is 252 g/mol. The Hall–Kier alpha value is -1.66. The van der Waals surface area contributed by atoms with Crippen molar-refractivity contribution < 1.29 is 8.42 Å². The van der Waals surface area contributed by atoms with E-state index in [-0.39, 0.29) is 4.90 Å². The van der Waals surface area contributed by atoms with Crippen LogP contribution in [0.2, 0.25) is 0 Å². The van der Waals surface area contributed by atoms with E-state index in [1.807, 2.05) is 6.92 Å². The lowest BCUT2D eigenvalue weighted by Crippen LogP contribution is -2.23. The third-order valence-corrected chi connectivity index (χ3v) is 3.51. The van der Waals surface area contributed by atoms with Gasteiger partial charge in [-0.3, -0.25) is 4.79 Å². The quantitative estimate of drug-likeness (QED) is 0.852. The molecular formula is C11H12N2O3S. The van der Waals surface area contributed by atoms with E-state index in [0.717, 1.165) is 0 Å². The van der Waals surface area contributed by atoms with Crippen molar-refractivity contribution in [2.45, 2.75) is 18.4 Å². The molecule has 0 spiro atoms. The molecule has 0 fully saturated rings. The molecule has 0 aliphatic rings. The standard InChI is InChI=1S/C11H12N2O3S/c1-2-13-7-10(17(12,15)16)11(14)8-5-3-4-6-9(8)13/h3-7H,2H2,1H3,(H2,12,15,16). The van der Waals surface area contributed by atoms with Crippen molar-refractivity contribution in [3.8, 4) is 0 Å². The molecule has 2 aromatic rings. The fourth-order valence-electron chi connectivity index (χ4n) is 1.78. The van der Waals surface area contributed by atoms with Gasteiger partial charge in [-0.25, -0.2) is 13.6 Å². The summed E-state index contributed by atoms with van der Waals surface area (Å²) in [5, 5.41) is 5.39. The summed E-state index contributed by atoms with van der Waals surface area (Å²) in [4.78, 5) is 11.6. The van der Waals surface area contributed by atoms with E-state index in [2.05, 4.69) is 0 Å². The number of nitrogens with zero attached hydrogens (tertiary/aromatic N) is 1. The minimum atomic E-state index is -3.99. The molecule has 0 aliphatic carbocycles. The largest absolute Gasteiger partial charge is 0.346 e. The lowest BCUT2D eigenvalue weighted by atomic mass is 10.2. The molecule has 0 radical (unpaired) electrons. The van der Waals surface area contributed by atoms with Gasteiger partial charge >= 0.3 is 0 Å². The van der Waals surface area contributed by atoms with Crippen molar-refractivity contribution in [2.24, 2.45) is 5.14 Å². The summed E-state index contributed by atoms with van der Waals surface area (Å²) in [5.74, 6) is 0. The van der Waals surface area contributed by atoms with E-state index in [4.69, 9.17) is 5.14 Å². The number of primary sulfonamides is 1. The van der Waals surface area contributed by atoms with E-state index >= 15 is 0 Å². The zero-order chi connectivity index (χ0) is 12.6. The molecule has 2 N–H and O–H groups in total. The number of pyridine rings is 1. The number of sulfonamides is 1. The molecule has 0 unspecified atom stereocenters. The van der Waals surface area contributed by atoms with Gasteiger partial charge in [0.2, 0.25) is 15.5 Å². The monoisotopic (exact) mass is 252 g/mol. The van der Waals surface area contributed by atoms with Gasteiger partial charge in [0.05, 0.1) is 5.52 Å². The average Bonchev–Trinajstić information content (AvgIpc) is 2.28. The smallest absolute Gasteiger partial charge is 0.243 e. The summed E-state index contributed by atoms with van der Waals surface area (Å²) >= 11 is 0. The molecule has 6 heteroatoms. The van der Waals surface area contributed by atoms with E-state index < -0.39 is 15.5 Å². The number of aromatic nitrogens is 1. The summed E-state index contributed by atoms with van der Waals surface area (Å²) in [6.07, 6.45) is 1.29. The van der Waals surface area contributed by atoms with Crippen LogP contribution in [0.5, 0.6) is 0 Å². The van der Waals surface area contributed by atoms with Crippen molar-refractivity contribution in [3.05, 3.63) is 40.7 Å². The van der Waals surface area contributed by atoms with Crippen molar-refractivity contribution in [2.75, 3.05) is 0 Å². The number of aryl methyl sites for hydroxylation is 1. The number of nitrogens with two attached hydrogens (primary N) is 1. The minimum absolute atomic E-state index is 0.362. The molecular weight excluding hydrogens is 240 g/mol. The highest BCUT2D eigenvalue weighted by Gasteiger charge is 2.16. The summed E-state index contributed by atoms with van der Waals surface area (Å²) in [6.45, 7) is 2.42. The van der Waals surface area contributed by atoms with Crippen LogP contribution in [0.3, 0.4) is 0 Å². The maximum Gasteiger partial charge on any atom is 0.243 e. The van der Waals surface area contributed by atoms with Crippen LogP contribution in [0.25, 0.3) is 10.9 Å². The molecule has 2 rings (SSSR count). The van der Waals surface area contributed by atoms with Crippen LogP contribution < -0.4 is 10.6 Å². The van der Waals surface area contributed by atoms with Crippen molar-refractivity contribution in [1.29, 1.82) is 0 Å². The van der Waals surface area contributed by atoms with Gasteiger partial charge in [-0.15, -0.1) is 0 Å². The molecule has 1 aromatic carbocycles. The van der Waals surface area contributed by atoms with Gasteiger partial charge in [0.1, 0.15) is 4.90 Å². The second-order valence-electron chi connectivity index (χ2n) is 3.67. The maximum absolute atomic E-state index is 12.0. The number of hydrogen-bond donors (Lipinski definition) is 1.